The molecule has 1 amide bonds. The van der Waals surface area contributed by atoms with Crippen molar-refractivity contribution in [3.05, 3.63) is 51.3 Å². The number of aromatic nitrogens is 1. The standard InChI is InChI=1S/C18H18N2O5S/c1-3-24-17(22)16-11(2)10-15(26-16)19-14(21)8-9-20-12-6-4-5-7-13(12)25-18(20)23/h4-7,10H,3,8-9H2,1-2H3,(H,19,21). The molecule has 0 saturated carbocycles. The molecule has 1 aromatic carbocycles. The van der Waals surface area contributed by atoms with E-state index >= 15 is 0 Å². The number of hydrogen-bond donors (Lipinski definition) is 1. The van der Waals surface area contributed by atoms with Gasteiger partial charge in [0.15, 0.2) is 5.58 Å². The smallest absolute Gasteiger partial charge is 0.419 e. The van der Waals surface area contributed by atoms with Crippen LogP contribution in [0.2, 0.25) is 0 Å². The summed E-state index contributed by atoms with van der Waals surface area (Å²) in [6.45, 7) is 4.03. The van der Waals surface area contributed by atoms with Gasteiger partial charge in [-0.3, -0.25) is 9.36 Å². The highest BCUT2D eigenvalue weighted by Crippen LogP contribution is 2.27. The van der Waals surface area contributed by atoms with Crippen molar-refractivity contribution >= 4 is 39.3 Å². The lowest BCUT2D eigenvalue weighted by Gasteiger charge is -2.03. The maximum absolute atomic E-state index is 12.2. The molecular weight excluding hydrogens is 356 g/mol. The summed E-state index contributed by atoms with van der Waals surface area (Å²) in [4.78, 5) is 36.4. The first-order valence-corrected chi connectivity index (χ1v) is 8.97. The van der Waals surface area contributed by atoms with Crippen molar-refractivity contribution in [2.75, 3.05) is 11.9 Å². The van der Waals surface area contributed by atoms with Crippen LogP contribution in [0.5, 0.6) is 0 Å². The molecule has 0 atom stereocenters. The Hall–Kier alpha value is -2.87. The molecule has 26 heavy (non-hydrogen) atoms. The number of oxazole rings is 1. The fourth-order valence-electron chi connectivity index (χ4n) is 2.58. The van der Waals surface area contributed by atoms with Gasteiger partial charge in [-0.1, -0.05) is 12.1 Å². The van der Waals surface area contributed by atoms with Gasteiger partial charge in [0.25, 0.3) is 0 Å². The van der Waals surface area contributed by atoms with Crippen molar-refractivity contribution in [2.24, 2.45) is 0 Å². The maximum Gasteiger partial charge on any atom is 0.419 e. The molecule has 0 fully saturated rings. The van der Waals surface area contributed by atoms with E-state index in [0.717, 1.165) is 5.56 Å². The van der Waals surface area contributed by atoms with Gasteiger partial charge < -0.3 is 14.5 Å². The number of ether oxygens (including phenoxy) is 1. The zero-order chi connectivity index (χ0) is 18.7. The summed E-state index contributed by atoms with van der Waals surface area (Å²) >= 11 is 1.17. The molecule has 2 heterocycles. The van der Waals surface area contributed by atoms with Crippen molar-refractivity contribution in [3.8, 4) is 0 Å². The largest absolute Gasteiger partial charge is 0.462 e. The number of para-hydroxylation sites is 2. The fourth-order valence-corrected chi connectivity index (χ4v) is 3.56. The van der Waals surface area contributed by atoms with Crippen LogP contribution in [0, 0.1) is 6.92 Å². The molecular formula is C18H18N2O5S. The van der Waals surface area contributed by atoms with Crippen LogP contribution < -0.4 is 11.1 Å². The molecule has 1 N–H and O–H groups in total. The molecule has 0 aliphatic carbocycles. The number of thiophene rings is 1. The highest BCUT2D eigenvalue weighted by molar-refractivity contribution is 7.18. The third kappa shape index (κ3) is 3.70. The second kappa shape index (κ2) is 7.57. The van der Waals surface area contributed by atoms with Crippen molar-refractivity contribution in [3.63, 3.8) is 0 Å². The predicted octanol–water partition coefficient (Wildman–Crippen LogP) is 3.17. The van der Waals surface area contributed by atoms with E-state index in [1.165, 1.54) is 15.9 Å². The van der Waals surface area contributed by atoms with Crippen LogP contribution in [0.15, 0.2) is 39.5 Å². The zero-order valence-corrected chi connectivity index (χ0v) is 15.2. The van der Waals surface area contributed by atoms with Crippen molar-refractivity contribution < 1.29 is 18.7 Å². The Labute approximate surface area is 153 Å². The Morgan fingerprint density at radius 2 is 2.08 bits per heavy atom. The van der Waals surface area contributed by atoms with E-state index in [1.54, 1.807) is 44.2 Å². The Bertz CT molecular complexity index is 1010. The highest BCUT2D eigenvalue weighted by Gasteiger charge is 2.16. The average Bonchev–Trinajstić information content (AvgIpc) is 3.12. The second-order valence-electron chi connectivity index (χ2n) is 5.63. The maximum atomic E-state index is 12.2. The summed E-state index contributed by atoms with van der Waals surface area (Å²) < 4.78 is 11.6. The third-order valence-corrected chi connectivity index (χ3v) is 4.91. The number of nitrogens with one attached hydrogen (secondary N) is 1. The van der Waals surface area contributed by atoms with E-state index < -0.39 is 11.7 Å². The van der Waals surface area contributed by atoms with Crippen molar-refractivity contribution in [1.82, 2.24) is 4.57 Å². The van der Waals surface area contributed by atoms with Crippen LogP contribution in [0.4, 0.5) is 5.00 Å². The quantitative estimate of drug-likeness (QED) is 0.669. The van der Waals surface area contributed by atoms with Gasteiger partial charge in [0.1, 0.15) is 4.88 Å². The summed E-state index contributed by atoms with van der Waals surface area (Å²) in [5.74, 6) is -1.14. The number of carbonyl (C=O) groups is 2. The molecule has 0 saturated heterocycles. The van der Waals surface area contributed by atoms with E-state index in [-0.39, 0.29) is 18.9 Å². The number of aryl methyl sites for hydroxylation is 2. The van der Waals surface area contributed by atoms with Crippen LogP contribution >= 0.6 is 11.3 Å². The lowest BCUT2D eigenvalue weighted by atomic mass is 10.3. The average molecular weight is 374 g/mol. The molecule has 0 aliphatic rings. The third-order valence-electron chi connectivity index (χ3n) is 3.78. The zero-order valence-electron chi connectivity index (χ0n) is 14.4. The van der Waals surface area contributed by atoms with Crippen LogP contribution in [-0.4, -0.2) is 23.1 Å². The summed E-state index contributed by atoms with van der Waals surface area (Å²) in [7, 11) is 0. The number of fused-ring (bicyclic) bond motifs is 1. The molecule has 136 valence electrons. The fraction of sp³-hybridized carbons (Fsp3) is 0.278. The lowest BCUT2D eigenvalue weighted by molar-refractivity contribution is -0.116. The van der Waals surface area contributed by atoms with Crippen LogP contribution in [0.25, 0.3) is 11.1 Å². The molecule has 8 heteroatoms. The van der Waals surface area contributed by atoms with E-state index in [0.29, 0.717) is 27.6 Å². The monoisotopic (exact) mass is 374 g/mol. The van der Waals surface area contributed by atoms with Crippen molar-refractivity contribution in [2.45, 2.75) is 26.8 Å². The molecule has 0 bridgehead atoms. The van der Waals surface area contributed by atoms with Crippen molar-refractivity contribution in [1.29, 1.82) is 0 Å². The van der Waals surface area contributed by atoms with E-state index in [2.05, 4.69) is 5.32 Å². The molecule has 0 radical (unpaired) electrons. The van der Waals surface area contributed by atoms with Gasteiger partial charge in [-0.15, -0.1) is 11.3 Å². The molecule has 0 spiro atoms. The van der Waals surface area contributed by atoms with E-state index in [1.807, 2.05) is 0 Å². The van der Waals surface area contributed by atoms with Gasteiger partial charge in [0, 0.05) is 13.0 Å². The van der Waals surface area contributed by atoms with Gasteiger partial charge in [0.2, 0.25) is 5.91 Å². The minimum absolute atomic E-state index is 0.106. The second-order valence-corrected chi connectivity index (χ2v) is 6.68. The number of amides is 1. The van der Waals surface area contributed by atoms with Gasteiger partial charge in [-0.05, 0) is 37.6 Å². The first-order valence-electron chi connectivity index (χ1n) is 8.15. The minimum Gasteiger partial charge on any atom is -0.462 e. The van der Waals surface area contributed by atoms with Crippen LogP contribution in [0.1, 0.15) is 28.6 Å². The number of hydrogen-bond acceptors (Lipinski definition) is 6. The first kappa shape index (κ1) is 17.9. The highest BCUT2D eigenvalue weighted by atomic mass is 32.1. The summed E-state index contributed by atoms with van der Waals surface area (Å²) in [6.07, 6.45) is 0.106. The van der Waals surface area contributed by atoms with Gasteiger partial charge in [0.05, 0.1) is 17.1 Å². The Morgan fingerprint density at radius 3 is 2.85 bits per heavy atom. The number of carbonyl (C=O) groups excluding carboxylic acids is 2. The molecule has 0 aliphatic heterocycles. The SMILES string of the molecule is CCOC(=O)c1sc(NC(=O)CCn2c(=O)oc3ccccc32)cc1C. The van der Waals surface area contributed by atoms with E-state index in [4.69, 9.17) is 9.15 Å². The number of esters is 1. The molecule has 2 aromatic heterocycles. The number of anilines is 1. The minimum atomic E-state index is -0.490. The Kier molecular flexibility index (Phi) is 5.22. The normalized spacial score (nSPS) is 10.8. The first-order chi connectivity index (χ1) is 12.5. The van der Waals surface area contributed by atoms with Gasteiger partial charge in [-0.25, -0.2) is 9.59 Å². The summed E-state index contributed by atoms with van der Waals surface area (Å²) in [5.41, 5.74) is 1.90. The number of nitrogens with zero attached hydrogens (tertiary/aromatic N) is 1. The molecule has 3 rings (SSSR count). The lowest BCUT2D eigenvalue weighted by Crippen LogP contribution is -2.19. The van der Waals surface area contributed by atoms with Crippen LogP contribution in [0.3, 0.4) is 0 Å². The molecule has 0 unspecified atom stereocenters. The van der Waals surface area contributed by atoms with E-state index in [9.17, 15) is 14.4 Å². The topological polar surface area (TPSA) is 90.5 Å². The predicted molar refractivity (Wildman–Crippen MR) is 98.7 cm³/mol. The number of rotatable bonds is 6. The van der Waals surface area contributed by atoms with Gasteiger partial charge in [-0.2, -0.15) is 0 Å². The van der Waals surface area contributed by atoms with Crippen LogP contribution in [-0.2, 0) is 16.1 Å². The molecule has 3 aromatic rings. The Morgan fingerprint density at radius 1 is 1.31 bits per heavy atom. The summed E-state index contributed by atoms with van der Waals surface area (Å²) in [6, 6.07) is 8.79. The summed E-state index contributed by atoms with van der Waals surface area (Å²) in [5, 5.41) is 3.33. The Balaban J connectivity index is 1.66. The van der Waals surface area contributed by atoms with Gasteiger partial charge >= 0.3 is 11.7 Å². The number of benzene rings is 1. The molecule has 7 nitrogen and oxygen atoms in total.